The summed E-state index contributed by atoms with van der Waals surface area (Å²) in [4.78, 5) is 46.0. The first-order valence-electron chi connectivity index (χ1n) is 22.3. The molecule has 0 saturated carbocycles. The van der Waals surface area contributed by atoms with E-state index in [0.29, 0.717) is 12.8 Å². The Labute approximate surface area is 362 Å². The lowest BCUT2D eigenvalue weighted by Gasteiger charge is -2.20. The van der Waals surface area contributed by atoms with Gasteiger partial charge in [0.1, 0.15) is 12.6 Å². The van der Waals surface area contributed by atoms with Gasteiger partial charge in [0.05, 0.1) is 13.2 Å². The average Bonchev–Trinajstić information content (AvgIpc) is 3.22. The van der Waals surface area contributed by atoms with Gasteiger partial charge in [-0.3, -0.25) is 23.4 Å². The molecule has 0 saturated heterocycles. The number of carboxylic acid groups (broad SMARTS) is 1. The standard InChI is InChI=1S/C48H78NO10P/c1-3-5-7-9-11-13-15-17-19-21-22-24-25-27-29-31-33-35-37-39-46(50)56-41-44(42-57-60(54,55)58-43-45(49)48(52)53)59-47(51)40-38-36-34-32-30-28-26-23-20-18-16-14-12-10-8-6-4-2/h11-14,17-20,22,24,26-29,33,35,44-45H,3-10,15-16,21,23,25,30-32,34,36-43,49H2,1-2H3,(H,52,53)(H,54,55)/b13-11-,14-12-,19-17-,20-18-,24-22-,28-26-,29-27-,35-33-/t44-,45+/m1/s1. The summed E-state index contributed by atoms with van der Waals surface area (Å²) in [5.41, 5.74) is 5.33. The van der Waals surface area contributed by atoms with E-state index in [1.54, 1.807) is 0 Å². The van der Waals surface area contributed by atoms with Crippen LogP contribution in [0.2, 0.25) is 0 Å². The van der Waals surface area contributed by atoms with Crippen LogP contribution in [0, 0.1) is 0 Å². The van der Waals surface area contributed by atoms with Gasteiger partial charge in [0, 0.05) is 12.8 Å². The Kier molecular flexibility index (Phi) is 39.6. The Hall–Kier alpha value is -3.60. The molecule has 0 aliphatic rings. The Morgan fingerprint density at radius 3 is 1.37 bits per heavy atom. The van der Waals surface area contributed by atoms with Gasteiger partial charge >= 0.3 is 25.7 Å². The second kappa shape index (κ2) is 42.1. The van der Waals surface area contributed by atoms with Crippen LogP contribution in [0.3, 0.4) is 0 Å². The second-order valence-corrected chi connectivity index (χ2v) is 15.9. The fourth-order valence-electron chi connectivity index (χ4n) is 5.29. The number of carbonyl (C=O) groups is 3. The molecular formula is C48H78NO10P. The molecule has 0 amide bonds. The minimum atomic E-state index is -4.75. The first-order valence-corrected chi connectivity index (χ1v) is 23.8. The molecule has 0 spiro atoms. The summed E-state index contributed by atoms with van der Waals surface area (Å²) in [6.07, 6.45) is 53.4. The number of phosphoric acid groups is 1. The van der Waals surface area contributed by atoms with Crippen molar-refractivity contribution >= 4 is 25.7 Å². The fraction of sp³-hybridized carbons (Fsp3) is 0.604. The van der Waals surface area contributed by atoms with E-state index < -0.39 is 57.7 Å². The Morgan fingerprint density at radius 1 is 0.517 bits per heavy atom. The molecule has 0 aromatic rings. The van der Waals surface area contributed by atoms with Gasteiger partial charge in [-0.25, -0.2) is 4.57 Å². The quantitative estimate of drug-likeness (QED) is 0.0232. The summed E-state index contributed by atoms with van der Waals surface area (Å²) in [5, 5.41) is 8.89. The Bertz CT molecular complexity index is 1380. The first-order chi connectivity index (χ1) is 29.1. The van der Waals surface area contributed by atoms with Crippen LogP contribution in [0.5, 0.6) is 0 Å². The molecule has 4 N–H and O–H groups in total. The predicted octanol–water partition coefficient (Wildman–Crippen LogP) is 12.1. The molecule has 0 bridgehead atoms. The number of carboxylic acids is 1. The van der Waals surface area contributed by atoms with E-state index in [0.717, 1.165) is 77.0 Å². The summed E-state index contributed by atoms with van der Waals surface area (Å²) in [6.45, 7) is 2.63. The zero-order valence-electron chi connectivity index (χ0n) is 36.8. The van der Waals surface area contributed by atoms with Crippen molar-refractivity contribution < 1.29 is 47.5 Å². The number of esters is 2. The van der Waals surface area contributed by atoms with Gasteiger partial charge in [0.15, 0.2) is 6.10 Å². The van der Waals surface area contributed by atoms with Crippen LogP contribution in [-0.2, 0) is 37.5 Å². The minimum absolute atomic E-state index is 0.0874. The molecule has 0 aromatic carbocycles. The van der Waals surface area contributed by atoms with E-state index in [1.165, 1.54) is 38.5 Å². The van der Waals surface area contributed by atoms with Crippen molar-refractivity contribution in [3.05, 3.63) is 97.2 Å². The van der Waals surface area contributed by atoms with E-state index in [2.05, 4.69) is 103 Å². The molecular weight excluding hydrogens is 781 g/mol. The molecule has 0 rings (SSSR count). The number of allylic oxidation sites excluding steroid dienone is 16. The highest BCUT2D eigenvalue weighted by Gasteiger charge is 2.28. The lowest BCUT2D eigenvalue weighted by Crippen LogP contribution is -2.34. The van der Waals surface area contributed by atoms with Gasteiger partial charge in [0.2, 0.25) is 0 Å². The van der Waals surface area contributed by atoms with Crippen molar-refractivity contribution in [3.63, 3.8) is 0 Å². The van der Waals surface area contributed by atoms with Crippen molar-refractivity contribution in [2.24, 2.45) is 5.73 Å². The smallest absolute Gasteiger partial charge is 0.472 e. The fourth-order valence-corrected chi connectivity index (χ4v) is 6.07. The molecule has 11 nitrogen and oxygen atoms in total. The van der Waals surface area contributed by atoms with E-state index in [4.69, 9.17) is 24.8 Å². The third kappa shape index (κ3) is 41.1. The van der Waals surface area contributed by atoms with Crippen LogP contribution in [0.25, 0.3) is 0 Å². The number of hydrogen-bond donors (Lipinski definition) is 3. The SMILES string of the molecule is CCCCC/C=C\C/C=C\C/C=C\C/C=C\C/C=C\CCC(=O)OC[C@H](COP(=O)(O)OC[C@H](N)C(=O)O)OC(=O)CCCCCC/C=C\C/C=C\C/C=C\CCCCC. The molecule has 0 aromatic heterocycles. The number of nitrogens with two attached hydrogens (primary N) is 1. The third-order valence-electron chi connectivity index (χ3n) is 8.82. The number of ether oxygens (including phenoxy) is 2. The zero-order chi connectivity index (χ0) is 44.2. The first kappa shape index (κ1) is 56.4. The van der Waals surface area contributed by atoms with Crippen LogP contribution in [0.15, 0.2) is 97.2 Å². The van der Waals surface area contributed by atoms with Gasteiger partial charge < -0.3 is 25.2 Å². The van der Waals surface area contributed by atoms with E-state index in [-0.39, 0.29) is 12.8 Å². The van der Waals surface area contributed by atoms with Crippen LogP contribution in [0.1, 0.15) is 155 Å². The highest BCUT2D eigenvalue weighted by molar-refractivity contribution is 7.47. The largest absolute Gasteiger partial charge is 0.480 e. The van der Waals surface area contributed by atoms with Crippen LogP contribution in [0.4, 0.5) is 0 Å². The topological polar surface area (TPSA) is 172 Å². The monoisotopic (exact) mass is 860 g/mol. The van der Waals surface area contributed by atoms with Crippen LogP contribution < -0.4 is 5.73 Å². The van der Waals surface area contributed by atoms with Crippen molar-refractivity contribution in [1.29, 1.82) is 0 Å². The van der Waals surface area contributed by atoms with Gasteiger partial charge in [-0.1, -0.05) is 150 Å². The molecule has 1 unspecified atom stereocenters. The van der Waals surface area contributed by atoms with Gasteiger partial charge in [-0.05, 0) is 89.9 Å². The number of carbonyl (C=O) groups excluding carboxylic acids is 2. The Balaban J connectivity index is 4.54. The van der Waals surface area contributed by atoms with E-state index >= 15 is 0 Å². The third-order valence-corrected chi connectivity index (χ3v) is 9.77. The minimum Gasteiger partial charge on any atom is -0.480 e. The zero-order valence-corrected chi connectivity index (χ0v) is 37.6. The maximum Gasteiger partial charge on any atom is 0.472 e. The molecule has 60 heavy (non-hydrogen) atoms. The van der Waals surface area contributed by atoms with Gasteiger partial charge in [0.25, 0.3) is 0 Å². The number of hydrogen-bond acceptors (Lipinski definition) is 9. The molecule has 0 heterocycles. The van der Waals surface area contributed by atoms with Gasteiger partial charge in [-0.2, -0.15) is 0 Å². The number of rotatable bonds is 40. The summed E-state index contributed by atoms with van der Waals surface area (Å²) < 4.78 is 32.6. The molecule has 340 valence electrons. The molecule has 12 heteroatoms. The number of unbranched alkanes of at least 4 members (excludes halogenated alkanes) is 10. The molecule has 0 aliphatic carbocycles. The molecule has 3 atom stereocenters. The summed E-state index contributed by atoms with van der Waals surface area (Å²) in [7, 11) is -4.75. The second-order valence-electron chi connectivity index (χ2n) is 14.5. The van der Waals surface area contributed by atoms with E-state index in [1.807, 2.05) is 12.2 Å². The van der Waals surface area contributed by atoms with Crippen molar-refractivity contribution in [1.82, 2.24) is 0 Å². The summed E-state index contributed by atoms with van der Waals surface area (Å²) in [5.74, 6) is -2.52. The lowest BCUT2D eigenvalue weighted by atomic mass is 10.1. The van der Waals surface area contributed by atoms with Crippen molar-refractivity contribution in [2.75, 3.05) is 19.8 Å². The van der Waals surface area contributed by atoms with Gasteiger partial charge in [-0.15, -0.1) is 0 Å². The van der Waals surface area contributed by atoms with Crippen LogP contribution in [-0.4, -0.2) is 59.9 Å². The summed E-state index contributed by atoms with van der Waals surface area (Å²) >= 11 is 0. The molecule has 0 radical (unpaired) electrons. The van der Waals surface area contributed by atoms with Crippen molar-refractivity contribution in [2.45, 2.75) is 167 Å². The maximum absolute atomic E-state index is 12.6. The highest BCUT2D eigenvalue weighted by Crippen LogP contribution is 2.43. The lowest BCUT2D eigenvalue weighted by molar-refractivity contribution is -0.161. The van der Waals surface area contributed by atoms with Crippen molar-refractivity contribution in [3.8, 4) is 0 Å². The Morgan fingerprint density at radius 2 is 0.917 bits per heavy atom. The van der Waals surface area contributed by atoms with Crippen LogP contribution >= 0.6 is 7.82 Å². The average molecular weight is 860 g/mol. The summed E-state index contributed by atoms with van der Waals surface area (Å²) in [6, 6.07) is -1.54. The number of phosphoric ester groups is 1. The maximum atomic E-state index is 12.6. The molecule has 0 aliphatic heterocycles. The normalized spacial score (nSPS) is 14.6. The predicted molar refractivity (Wildman–Crippen MR) is 244 cm³/mol. The van der Waals surface area contributed by atoms with E-state index in [9.17, 15) is 23.8 Å². The number of aliphatic carboxylic acids is 1. The molecule has 0 fully saturated rings. The highest BCUT2D eigenvalue weighted by atomic mass is 31.2.